The van der Waals surface area contributed by atoms with Crippen molar-refractivity contribution >= 4 is 11.9 Å². The van der Waals surface area contributed by atoms with Gasteiger partial charge in [-0.2, -0.15) is 0 Å². The van der Waals surface area contributed by atoms with E-state index in [1.807, 2.05) is 0 Å². The number of hydrogen-bond donors (Lipinski definition) is 0. The van der Waals surface area contributed by atoms with Crippen molar-refractivity contribution in [2.24, 2.45) is 5.92 Å². The fraction of sp³-hybridized carbons (Fsp3) is 0.935. The monoisotopic (exact) mass is 496 g/mol. The van der Waals surface area contributed by atoms with E-state index in [-0.39, 0.29) is 17.9 Å². The van der Waals surface area contributed by atoms with Gasteiger partial charge in [0.05, 0.1) is 19.1 Å². The number of carbonyl (C=O) groups is 2. The lowest BCUT2D eigenvalue weighted by Gasteiger charge is -2.14. The average molecular weight is 497 g/mol. The highest BCUT2D eigenvalue weighted by atomic mass is 16.5. The summed E-state index contributed by atoms with van der Waals surface area (Å²) in [6, 6.07) is 0. The Morgan fingerprint density at radius 1 is 0.514 bits per heavy atom. The van der Waals surface area contributed by atoms with Gasteiger partial charge in [0.2, 0.25) is 0 Å². The van der Waals surface area contributed by atoms with Crippen molar-refractivity contribution in [3.8, 4) is 0 Å². The van der Waals surface area contributed by atoms with Gasteiger partial charge in [-0.1, -0.05) is 130 Å². The minimum Gasteiger partial charge on any atom is -0.466 e. The maximum absolute atomic E-state index is 12.2. The van der Waals surface area contributed by atoms with Gasteiger partial charge in [-0.15, -0.1) is 0 Å². The predicted molar refractivity (Wildman–Crippen MR) is 149 cm³/mol. The van der Waals surface area contributed by atoms with Crippen LogP contribution in [0.2, 0.25) is 0 Å². The third-order valence-electron chi connectivity index (χ3n) is 7.01. The number of hydrogen-bond acceptors (Lipinski definition) is 4. The van der Waals surface area contributed by atoms with Crippen molar-refractivity contribution in [2.45, 2.75) is 168 Å². The Labute approximate surface area is 218 Å². The molecule has 0 amide bonds. The van der Waals surface area contributed by atoms with Gasteiger partial charge >= 0.3 is 11.9 Å². The molecule has 0 aromatic rings. The molecule has 0 saturated carbocycles. The zero-order valence-electron chi connectivity index (χ0n) is 23.9. The second-order valence-electron chi connectivity index (χ2n) is 10.4. The number of unbranched alkanes of at least 4 members (excludes halogenated alkanes) is 17. The first-order valence-corrected chi connectivity index (χ1v) is 15.5. The molecule has 0 N–H and O–H groups in total. The van der Waals surface area contributed by atoms with Gasteiger partial charge in [-0.3, -0.25) is 9.59 Å². The van der Waals surface area contributed by atoms with E-state index in [1.165, 1.54) is 89.9 Å². The molecule has 0 fully saturated rings. The average Bonchev–Trinajstić information content (AvgIpc) is 2.86. The fourth-order valence-corrected chi connectivity index (χ4v) is 4.52. The topological polar surface area (TPSA) is 52.6 Å². The standard InChI is InChI=1S/C31H60O4/c1-4-7-9-23-27-34-30(32)26-22-20-18-16-14-12-11-13-15-17-19-21-25-29(6-3)31(33)35-28-24-10-8-5-2/h29H,4-28H2,1-3H3. The summed E-state index contributed by atoms with van der Waals surface area (Å²) in [5, 5.41) is 0. The van der Waals surface area contributed by atoms with E-state index in [0.717, 1.165) is 51.4 Å². The zero-order chi connectivity index (χ0) is 25.8. The first-order valence-electron chi connectivity index (χ1n) is 15.5. The van der Waals surface area contributed by atoms with E-state index >= 15 is 0 Å². The molecule has 0 aromatic heterocycles. The van der Waals surface area contributed by atoms with E-state index in [9.17, 15) is 9.59 Å². The van der Waals surface area contributed by atoms with E-state index < -0.39 is 0 Å². The van der Waals surface area contributed by atoms with E-state index in [1.54, 1.807) is 0 Å². The lowest BCUT2D eigenvalue weighted by atomic mass is 9.97. The molecular weight excluding hydrogens is 436 g/mol. The molecule has 0 aromatic carbocycles. The quantitative estimate of drug-likeness (QED) is 0.0838. The van der Waals surface area contributed by atoms with Gasteiger partial charge in [-0.05, 0) is 32.1 Å². The summed E-state index contributed by atoms with van der Waals surface area (Å²) in [4.78, 5) is 23.9. The summed E-state index contributed by atoms with van der Waals surface area (Å²) in [5.41, 5.74) is 0. The summed E-state index contributed by atoms with van der Waals surface area (Å²) in [7, 11) is 0. The molecule has 0 aliphatic carbocycles. The second kappa shape index (κ2) is 27.5. The molecule has 0 rings (SSSR count). The second-order valence-corrected chi connectivity index (χ2v) is 10.4. The molecule has 0 aliphatic rings. The first-order chi connectivity index (χ1) is 17.2. The molecule has 0 heterocycles. The number of esters is 2. The number of ether oxygens (including phenoxy) is 2. The molecule has 208 valence electrons. The molecule has 0 saturated heterocycles. The van der Waals surface area contributed by atoms with Gasteiger partial charge in [0, 0.05) is 6.42 Å². The van der Waals surface area contributed by atoms with Crippen molar-refractivity contribution in [3.63, 3.8) is 0 Å². The molecule has 4 heteroatoms. The summed E-state index contributed by atoms with van der Waals surface area (Å²) in [6.07, 6.45) is 26.7. The van der Waals surface area contributed by atoms with Crippen molar-refractivity contribution in [3.05, 3.63) is 0 Å². The Hall–Kier alpha value is -1.06. The van der Waals surface area contributed by atoms with Gasteiger partial charge in [0.25, 0.3) is 0 Å². The van der Waals surface area contributed by atoms with Crippen LogP contribution in [0.25, 0.3) is 0 Å². The maximum atomic E-state index is 12.2. The first kappa shape index (κ1) is 33.9. The van der Waals surface area contributed by atoms with Gasteiger partial charge in [-0.25, -0.2) is 0 Å². The summed E-state index contributed by atoms with van der Waals surface area (Å²) in [6.45, 7) is 7.70. The highest BCUT2D eigenvalue weighted by Crippen LogP contribution is 2.18. The van der Waals surface area contributed by atoms with E-state index in [0.29, 0.717) is 19.6 Å². The third kappa shape index (κ3) is 24.4. The highest BCUT2D eigenvalue weighted by molar-refractivity contribution is 5.72. The Bertz CT molecular complexity index is 463. The Kier molecular flexibility index (Phi) is 26.7. The van der Waals surface area contributed by atoms with E-state index in [4.69, 9.17) is 9.47 Å². The summed E-state index contributed by atoms with van der Waals surface area (Å²) < 4.78 is 10.8. The minimum absolute atomic E-state index is 0.00977. The van der Waals surface area contributed by atoms with Crippen molar-refractivity contribution in [2.75, 3.05) is 13.2 Å². The van der Waals surface area contributed by atoms with Crippen LogP contribution in [0, 0.1) is 5.92 Å². The SMILES string of the molecule is CCCCCCOC(=O)CCCCCCCCCCCCCCC(CC)C(=O)OCCCCCC. The van der Waals surface area contributed by atoms with Crippen LogP contribution in [0.5, 0.6) is 0 Å². The lowest BCUT2D eigenvalue weighted by Crippen LogP contribution is -2.17. The van der Waals surface area contributed by atoms with Crippen LogP contribution in [0.15, 0.2) is 0 Å². The van der Waals surface area contributed by atoms with Crippen LogP contribution in [0.3, 0.4) is 0 Å². The Balaban J connectivity index is 3.38. The van der Waals surface area contributed by atoms with Crippen LogP contribution in [-0.2, 0) is 19.1 Å². The smallest absolute Gasteiger partial charge is 0.308 e. The Morgan fingerprint density at radius 2 is 0.943 bits per heavy atom. The fourth-order valence-electron chi connectivity index (χ4n) is 4.52. The molecule has 0 radical (unpaired) electrons. The molecule has 4 nitrogen and oxygen atoms in total. The van der Waals surface area contributed by atoms with E-state index in [2.05, 4.69) is 20.8 Å². The minimum atomic E-state index is -0.00977. The molecule has 1 atom stereocenters. The van der Waals surface area contributed by atoms with Crippen LogP contribution in [0.1, 0.15) is 168 Å². The van der Waals surface area contributed by atoms with Gasteiger partial charge < -0.3 is 9.47 Å². The summed E-state index contributed by atoms with van der Waals surface area (Å²) in [5.74, 6) is 0.119. The third-order valence-corrected chi connectivity index (χ3v) is 7.01. The van der Waals surface area contributed by atoms with Crippen molar-refractivity contribution in [1.29, 1.82) is 0 Å². The van der Waals surface area contributed by atoms with Crippen molar-refractivity contribution in [1.82, 2.24) is 0 Å². The molecule has 0 bridgehead atoms. The normalized spacial score (nSPS) is 12.0. The van der Waals surface area contributed by atoms with Gasteiger partial charge in [0.15, 0.2) is 0 Å². The maximum Gasteiger partial charge on any atom is 0.308 e. The molecule has 0 aliphatic heterocycles. The number of carbonyl (C=O) groups excluding carboxylic acids is 2. The molecule has 35 heavy (non-hydrogen) atoms. The van der Waals surface area contributed by atoms with Gasteiger partial charge in [0.1, 0.15) is 0 Å². The van der Waals surface area contributed by atoms with Crippen LogP contribution < -0.4 is 0 Å². The Morgan fingerprint density at radius 3 is 1.43 bits per heavy atom. The highest BCUT2D eigenvalue weighted by Gasteiger charge is 2.17. The zero-order valence-corrected chi connectivity index (χ0v) is 23.9. The largest absolute Gasteiger partial charge is 0.466 e. The number of rotatable bonds is 27. The lowest BCUT2D eigenvalue weighted by molar-refractivity contribution is -0.149. The molecule has 1 unspecified atom stereocenters. The predicted octanol–water partition coefficient (Wildman–Crippen LogP) is 9.72. The van der Waals surface area contributed by atoms with Crippen LogP contribution in [-0.4, -0.2) is 25.2 Å². The van der Waals surface area contributed by atoms with Crippen LogP contribution in [0.4, 0.5) is 0 Å². The van der Waals surface area contributed by atoms with Crippen molar-refractivity contribution < 1.29 is 19.1 Å². The molecule has 0 spiro atoms. The van der Waals surface area contributed by atoms with Crippen LogP contribution >= 0.6 is 0 Å². The summed E-state index contributed by atoms with van der Waals surface area (Å²) >= 11 is 0. The molecular formula is C31H60O4.